The molecular weight excluding hydrogens is 255 g/mol. The number of rotatable bonds is 5. The number of hydrogen-bond donors (Lipinski definition) is 4. The summed E-state index contributed by atoms with van der Waals surface area (Å²) in [4.78, 5) is 22.4. The number of aryl methyl sites for hydroxylation is 1. The SMILES string of the molecule is Cc1cccc(F)c1NC(=O)NC(CCO)C(=O)O. The third-order valence-electron chi connectivity index (χ3n) is 2.48. The molecule has 7 heteroatoms. The first kappa shape index (κ1) is 14.9. The number of urea groups is 1. The molecular formula is C12H15FN2O4. The number of aliphatic carboxylic acids is 1. The molecule has 0 saturated carbocycles. The lowest BCUT2D eigenvalue weighted by Crippen LogP contribution is -2.43. The van der Waals surface area contributed by atoms with Gasteiger partial charge in [0, 0.05) is 13.0 Å². The number of carboxylic acid groups (broad SMARTS) is 1. The van der Waals surface area contributed by atoms with Crippen LogP contribution < -0.4 is 10.6 Å². The van der Waals surface area contributed by atoms with Gasteiger partial charge in [0.2, 0.25) is 0 Å². The molecule has 0 spiro atoms. The van der Waals surface area contributed by atoms with Crippen molar-refractivity contribution in [3.8, 4) is 0 Å². The van der Waals surface area contributed by atoms with Gasteiger partial charge in [-0.3, -0.25) is 0 Å². The van der Waals surface area contributed by atoms with Gasteiger partial charge in [0.25, 0.3) is 0 Å². The van der Waals surface area contributed by atoms with Crippen LogP contribution >= 0.6 is 0 Å². The fraction of sp³-hybridized carbons (Fsp3) is 0.333. The summed E-state index contributed by atoms with van der Waals surface area (Å²) in [5.74, 6) is -1.88. The first-order chi connectivity index (χ1) is 8.95. The minimum Gasteiger partial charge on any atom is -0.480 e. The van der Waals surface area contributed by atoms with Gasteiger partial charge in [0.05, 0.1) is 5.69 Å². The van der Waals surface area contributed by atoms with E-state index in [9.17, 15) is 14.0 Å². The monoisotopic (exact) mass is 270 g/mol. The van der Waals surface area contributed by atoms with Gasteiger partial charge in [-0.25, -0.2) is 14.0 Å². The summed E-state index contributed by atoms with van der Waals surface area (Å²) in [6.07, 6.45) is -0.126. The molecule has 0 fully saturated rings. The van der Waals surface area contributed by atoms with E-state index >= 15 is 0 Å². The molecule has 0 aliphatic rings. The van der Waals surface area contributed by atoms with E-state index in [-0.39, 0.29) is 18.7 Å². The average molecular weight is 270 g/mol. The molecule has 0 saturated heterocycles. The quantitative estimate of drug-likeness (QED) is 0.643. The molecule has 1 unspecified atom stereocenters. The smallest absolute Gasteiger partial charge is 0.326 e. The van der Waals surface area contributed by atoms with Crippen LogP contribution in [0.2, 0.25) is 0 Å². The third kappa shape index (κ3) is 4.22. The Morgan fingerprint density at radius 1 is 1.42 bits per heavy atom. The predicted octanol–water partition coefficient (Wildman–Crippen LogP) is 1.09. The van der Waals surface area contributed by atoms with Crippen molar-refractivity contribution in [1.29, 1.82) is 0 Å². The third-order valence-corrected chi connectivity index (χ3v) is 2.48. The van der Waals surface area contributed by atoms with E-state index in [1.165, 1.54) is 12.1 Å². The van der Waals surface area contributed by atoms with Crippen molar-refractivity contribution in [2.75, 3.05) is 11.9 Å². The lowest BCUT2D eigenvalue weighted by atomic mass is 10.2. The molecule has 0 aliphatic heterocycles. The predicted molar refractivity (Wildman–Crippen MR) is 66.4 cm³/mol. The van der Waals surface area contributed by atoms with Gasteiger partial charge in [-0.15, -0.1) is 0 Å². The maximum absolute atomic E-state index is 13.5. The summed E-state index contributed by atoms with van der Waals surface area (Å²) in [5.41, 5.74) is 0.511. The van der Waals surface area contributed by atoms with E-state index in [2.05, 4.69) is 10.6 Å². The number of carbonyl (C=O) groups is 2. The zero-order chi connectivity index (χ0) is 14.4. The Morgan fingerprint density at radius 3 is 2.63 bits per heavy atom. The van der Waals surface area contributed by atoms with Crippen molar-refractivity contribution in [2.24, 2.45) is 0 Å². The molecule has 1 aromatic carbocycles. The molecule has 0 radical (unpaired) electrons. The topological polar surface area (TPSA) is 98.7 Å². The lowest BCUT2D eigenvalue weighted by molar-refractivity contribution is -0.139. The summed E-state index contributed by atoms with van der Waals surface area (Å²) in [5, 5.41) is 21.9. The summed E-state index contributed by atoms with van der Waals surface area (Å²) in [7, 11) is 0. The summed E-state index contributed by atoms with van der Waals surface area (Å²) >= 11 is 0. The van der Waals surface area contributed by atoms with Crippen molar-refractivity contribution in [1.82, 2.24) is 5.32 Å². The number of aliphatic hydroxyl groups excluding tert-OH is 1. The highest BCUT2D eigenvalue weighted by Gasteiger charge is 2.20. The average Bonchev–Trinajstić information content (AvgIpc) is 2.33. The minimum atomic E-state index is -1.27. The highest BCUT2D eigenvalue weighted by atomic mass is 19.1. The maximum Gasteiger partial charge on any atom is 0.326 e. The summed E-state index contributed by atoms with van der Waals surface area (Å²) in [6.45, 7) is 1.23. The summed E-state index contributed by atoms with van der Waals surface area (Å²) < 4.78 is 13.5. The van der Waals surface area contributed by atoms with Crippen molar-refractivity contribution in [3.05, 3.63) is 29.6 Å². The Bertz CT molecular complexity index is 459. The van der Waals surface area contributed by atoms with Crippen LogP contribution in [0, 0.1) is 12.7 Å². The van der Waals surface area contributed by atoms with E-state index < -0.39 is 23.9 Å². The molecule has 1 atom stereocenters. The molecule has 19 heavy (non-hydrogen) atoms. The Balaban J connectivity index is 2.72. The van der Waals surface area contributed by atoms with Gasteiger partial charge in [-0.2, -0.15) is 0 Å². The molecule has 104 valence electrons. The van der Waals surface area contributed by atoms with Gasteiger partial charge < -0.3 is 20.8 Å². The largest absolute Gasteiger partial charge is 0.480 e. The van der Waals surface area contributed by atoms with Crippen molar-refractivity contribution < 1.29 is 24.2 Å². The number of anilines is 1. The fourth-order valence-electron chi connectivity index (χ4n) is 1.48. The van der Waals surface area contributed by atoms with E-state index in [1.54, 1.807) is 13.0 Å². The number of halogens is 1. The van der Waals surface area contributed by atoms with E-state index in [4.69, 9.17) is 10.2 Å². The Hall–Kier alpha value is -2.15. The van der Waals surface area contributed by atoms with Gasteiger partial charge in [0.15, 0.2) is 0 Å². The number of amides is 2. The van der Waals surface area contributed by atoms with E-state index in [0.717, 1.165) is 0 Å². The lowest BCUT2D eigenvalue weighted by Gasteiger charge is -2.15. The van der Waals surface area contributed by atoms with Gasteiger partial charge in [0.1, 0.15) is 11.9 Å². The normalized spacial score (nSPS) is 11.7. The Labute approximate surface area is 109 Å². The maximum atomic E-state index is 13.5. The van der Waals surface area contributed by atoms with Crippen molar-refractivity contribution >= 4 is 17.7 Å². The van der Waals surface area contributed by atoms with E-state index in [1.807, 2.05) is 0 Å². The molecule has 4 N–H and O–H groups in total. The fourth-order valence-corrected chi connectivity index (χ4v) is 1.48. The first-order valence-electron chi connectivity index (χ1n) is 5.62. The number of carbonyl (C=O) groups excluding carboxylic acids is 1. The molecule has 1 rings (SSSR count). The van der Waals surface area contributed by atoms with Gasteiger partial charge in [-0.05, 0) is 18.6 Å². The van der Waals surface area contributed by atoms with Crippen LogP contribution in [-0.2, 0) is 4.79 Å². The minimum absolute atomic E-state index is 0.00635. The number of benzene rings is 1. The number of hydrogen-bond acceptors (Lipinski definition) is 3. The Morgan fingerprint density at radius 2 is 2.11 bits per heavy atom. The zero-order valence-electron chi connectivity index (χ0n) is 10.3. The van der Waals surface area contributed by atoms with Gasteiger partial charge in [-0.1, -0.05) is 12.1 Å². The van der Waals surface area contributed by atoms with Gasteiger partial charge >= 0.3 is 12.0 Å². The number of aliphatic hydroxyl groups is 1. The standard InChI is InChI=1S/C12H15FN2O4/c1-7-3-2-4-8(13)10(7)15-12(19)14-9(5-6-16)11(17)18/h2-4,9,16H,5-6H2,1H3,(H,17,18)(H2,14,15,19). The number of para-hydroxylation sites is 1. The second kappa shape index (κ2) is 6.69. The molecule has 1 aromatic rings. The van der Waals surface area contributed by atoms with Crippen molar-refractivity contribution in [2.45, 2.75) is 19.4 Å². The number of carboxylic acids is 1. The second-order valence-electron chi connectivity index (χ2n) is 3.93. The van der Waals surface area contributed by atoms with Crippen LogP contribution in [0.15, 0.2) is 18.2 Å². The van der Waals surface area contributed by atoms with Crippen LogP contribution in [0.25, 0.3) is 0 Å². The van der Waals surface area contributed by atoms with Crippen LogP contribution in [0.5, 0.6) is 0 Å². The summed E-state index contributed by atoms with van der Waals surface area (Å²) in [6, 6.07) is 2.23. The molecule has 0 bridgehead atoms. The molecule has 0 aliphatic carbocycles. The first-order valence-corrected chi connectivity index (χ1v) is 5.62. The van der Waals surface area contributed by atoms with Crippen LogP contribution in [0.1, 0.15) is 12.0 Å². The van der Waals surface area contributed by atoms with Crippen LogP contribution in [0.4, 0.5) is 14.9 Å². The number of nitrogens with one attached hydrogen (secondary N) is 2. The van der Waals surface area contributed by atoms with Crippen LogP contribution in [0.3, 0.4) is 0 Å². The molecule has 0 aromatic heterocycles. The highest BCUT2D eigenvalue weighted by molar-refractivity contribution is 5.92. The van der Waals surface area contributed by atoms with E-state index in [0.29, 0.717) is 5.56 Å². The Kier molecular flexibility index (Phi) is 5.25. The molecule has 6 nitrogen and oxygen atoms in total. The van der Waals surface area contributed by atoms with Crippen LogP contribution in [-0.4, -0.2) is 34.9 Å². The molecule has 0 heterocycles. The zero-order valence-corrected chi connectivity index (χ0v) is 10.3. The highest BCUT2D eigenvalue weighted by Crippen LogP contribution is 2.18. The molecule has 2 amide bonds. The van der Waals surface area contributed by atoms with Crippen molar-refractivity contribution in [3.63, 3.8) is 0 Å². The second-order valence-corrected chi connectivity index (χ2v) is 3.93.